The second-order valence-corrected chi connectivity index (χ2v) is 4.97. The van der Waals surface area contributed by atoms with Crippen LogP contribution in [0.15, 0.2) is 30.6 Å². The van der Waals surface area contributed by atoms with E-state index >= 15 is 0 Å². The van der Waals surface area contributed by atoms with Crippen molar-refractivity contribution in [1.29, 1.82) is 0 Å². The summed E-state index contributed by atoms with van der Waals surface area (Å²) in [7, 11) is 3.53. The van der Waals surface area contributed by atoms with Gasteiger partial charge in [-0.25, -0.2) is 0 Å². The smallest absolute Gasteiger partial charge is 0.126 e. The normalized spacial score (nSPS) is 12.2. The van der Waals surface area contributed by atoms with Crippen molar-refractivity contribution in [2.75, 3.05) is 7.11 Å². The quantitative estimate of drug-likeness (QED) is 0.874. The van der Waals surface area contributed by atoms with Gasteiger partial charge in [-0.3, -0.25) is 4.68 Å². The molecule has 1 aromatic carbocycles. The van der Waals surface area contributed by atoms with Crippen LogP contribution in [0, 0.1) is 0 Å². The Labute approximate surface area is 119 Å². The molecule has 0 radical (unpaired) electrons. The van der Waals surface area contributed by atoms with Crippen LogP contribution >= 0.6 is 0 Å². The topological polar surface area (TPSA) is 62.3 Å². The van der Waals surface area contributed by atoms with Crippen LogP contribution in [0.2, 0.25) is 0 Å². The van der Waals surface area contributed by atoms with Crippen LogP contribution in [0.25, 0.3) is 0 Å². The first-order chi connectivity index (χ1) is 9.58. The first-order valence-electron chi connectivity index (χ1n) is 6.61. The summed E-state index contributed by atoms with van der Waals surface area (Å²) in [4.78, 5) is 0. The fraction of sp³-hybridized carbons (Fsp3) is 0.400. The van der Waals surface area contributed by atoms with Crippen molar-refractivity contribution in [1.82, 2.24) is 9.78 Å². The molecule has 0 aliphatic carbocycles. The lowest BCUT2D eigenvalue weighted by Gasteiger charge is -2.14. The Balaban J connectivity index is 2.14. The van der Waals surface area contributed by atoms with Gasteiger partial charge in [0.2, 0.25) is 0 Å². The maximum Gasteiger partial charge on any atom is 0.126 e. The van der Waals surface area contributed by atoms with Gasteiger partial charge in [-0.05, 0) is 25.0 Å². The minimum Gasteiger partial charge on any atom is -0.497 e. The zero-order valence-electron chi connectivity index (χ0n) is 12.2. The number of aromatic nitrogens is 2. The summed E-state index contributed by atoms with van der Waals surface area (Å²) in [6, 6.07) is 5.91. The lowest BCUT2D eigenvalue weighted by Crippen LogP contribution is -2.18. The molecule has 0 amide bonds. The number of rotatable bonds is 6. The maximum absolute atomic E-state index is 5.89. The number of nitrogens with two attached hydrogens (primary N) is 1. The third-order valence-electron chi connectivity index (χ3n) is 2.97. The summed E-state index contributed by atoms with van der Waals surface area (Å²) in [6.45, 7) is 2.46. The van der Waals surface area contributed by atoms with Crippen LogP contribution in [0.1, 0.15) is 18.1 Å². The highest BCUT2D eigenvalue weighted by Crippen LogP contribution is 2.26. The van der Waals surface area contributed by atoms with Crippen LogP contribution in [-0.4, -0.2) is 22.9 Å². The van der Waals surface area contributed by atoms with Crippen molar-refractivity contribution in [3.8, 4) is 11.5 Å². The number of hydrogen-bond donors (Lipinski definition) is 1. The lowest BCUT2D eigenvalue weighted by molar-refractivity contribution is 0.299. The van der Waals surface area contributed by atoms with E-state index in [4.69, 9.17) is 15.2 Å². The van der Waals surface area contributed by atoms with Gasteiger partial charge in [0.1, 0.15) is 18.1 Å². The first kappa shape index (κ1) is 14.4. The molecule has 0 aliphatic rings. The van der Waals surface area contributed by atoms with Gasteiger partial charge in [0.25, 0.3) is 0 Å². The van der Waals surface area contributed by atoms with Gasteiger partial charge in [-0.2, -0.15) is 5.10 Å². The van der Waals surface area contributed by atoms with Gasteiger partial charge < -0.3 is 15.2 Å². The first-order valence-corrected chi connectivity index (χ1v) is 6.61. The second-order valence-electron chi connectivity index (χ2n) is 4.97. The van der Waals surface area contributed by atoms with Crippen LogP contribution < -0.4 is 15.2 Å². The molecule has 1 atom stereocenters. The Morgan fingerprint density at radius 2 is 2.20 bits per heavy atom. The Bertz CT molecular complexity index is 564. The predicted molar refractivity (Wildman–Crippen MR) is 77.9 cm³/mol. The van der Waals surface area contributed by atoms with Crippen LogP contribution in [0.4, 0.5) is 0 Å². The number of hydrogen-bond acceptors (Lipinski definition) is 4. The summed E-state index contributed by atoms with van der Waals surface area (Å²) in [5.41, 5.74) is 7.99. The summed E-state index contributed by atoms with van der Waals surface area (Å²) < 4.78 is 12.9. The average Bonchev–Trinajstić information content (AvgIpc) is 2.83. The summed E-state index contributed by atoms with van der Waals surface area (Å²) in [5.74, 6) is 1.59. The molecule has 0 fully saturated rings. The Hall–Kier alpha value is -2.01. The van der Waals surface area contributed by atoms with E-state index in [2.05, 4.69) is 5.10 Å². The van der Waals surface area contributed by atoms with E-state index in [1.807, 2.05) is 38.4 Å². The van der Waals surface area contributed by atoms with E-state index in [1.165, 1.54) is 0 Å². The molecule has 0 aliphatic heterocycles. The molecule has 0 bridgehead atoms. The van der Waals surface area contributed by atoms with Crippen molar-refractivity contribution < 1.29 is 9.47 Å². The van der Waals surface area contributed by atoms with E-state index in [-0.39, 0.29) is 6.04 Å². The molecular formula is C15H21N3O2. The van der Waals surface area contributed by atoms with Crippen LogP contribution in [-0.2, 0) is 20.1 Å². The molecule has 1 heterocycles. The van der Waals surface area contributed by atoms with Gasteiger partial charge in [-0.15, -0.1) is 0 Å². The highest BCUT2D eigenvalue weighted by Gasteiger charge is 2.09. The van der Waals surface area contributed by atoms with E-state index < -0.39 is 0 Å². The van der Waals surface area contributed by atoms with Crippen molar-refractivity contribution in [3.05, 3.63) is 41.7 Å². The average molecular weight is 275 g/mol. The molecule has 1 aromatic heterocycles. The minimum absolute atomic E-state index is 0.0872. The van der Waals surface area contributed by atoms with Gasteiger partial charge >= 0.3 is 0 Å². The minimum atomic E-state index is 0.0872. The molecular weight excluding hydrogens is 254 g/mol. The van der Waals surface area contributed by atoms with Crippen LogP contribution in [0.5, 0.6) is 11.5 Å². The highest BCUT2D eigenvalue weighted by atomic mass is 16.5. The van der Waals surface area contributed by atoms with Crippen molar-refractivity contribution >= 4 is 0 Å². The monoisotopic (exact) mass is 275 g/mol. The number of benzene rings is 1. The fourth-order valence-electron chi connectivity index (χ4n) is 2.02. The highest BCUT2D eigenvalue weighted by molar-refractivity contribution is 5.41. The van der Waals surface area contributed by atoms with Gasteiger partial charge in [0, 0.05) is 30.9 Å². The Kier molecular flexibility index (Phi) is 4.63. The molecule has 0 saturated heterocycles. The zero-order valence-corrected chi connectivity index (χ0v) is 12.2. The van der Waals surface area contributed by atoms with Crippen molar-refractivity contribution in [3.63, 3.8) is 0 Å². The Morgan fingerprint density at radius 1 is 1.40 bits per heavy atom. The predicted octanol–water partition coefficient (Wildman–Crippen LogP) is 1.90. The van der Waals surface area contributed by atoms with E-state index in [9.17, 15) is 0 Å². The van der Waals surface area contributed by atoms with Crippen molar-refractivity contribution in [2.24, 2.45) is 12.8 Å². The van der Waals surface area contributed by atoms with Gasteiger partial charge in [-0.1, -0.05) is 6.07 Å². The standard InChI is InChI=1S/C15H21N3O2/c1-11(16)6-13-4-5-14(19-3)7-15(13)20-10-12-8-17-18(2)9-12/h4-5,7-9,11H,6,10,16H2,1-3H3. The second kappa shape index (κ2) is 6.43. The third kappa shape index (κ3) is 3.74. The third-order valence-corrected chi connectivity index (χ3v) is 2.97. The molecule has 5 nitrogen and oxygen atoms in total. The summed E-state index contributed by atoms with van der Waals surface area (Å²) in [5, 5.41) is 4.13. The molecule has 1 unspecified atom stereocenters. The number of ether oxygens (including phenoxy) is 2. The SMILES string of the molecule is COc1ccc(CC(C)N)c(OCc2cnn(C)c2)c1. The molecule has 5 heteroatoms. The number of methoxy groups -OCH3 is 1. The largest absolute Gasteiger partial charge is 0.497 e. The zero-order chi connectivity index (χ0) is 14.5. The lowest BCUT2D eigenvalue weighted by atomic mass is 10.1. The summed E-state index contributed by atoms with van der Waals surface area (Å²) >= 11 is 0. The van der Waals surface area contributed by atoms with Gasteiger partial charge in [0.05, 0.1) is 13.3 Å². The summed E-state index contributed by atoms with van der Waals surface area (Å²) in [6.07, 6.45) is 4.50. The molecule has 2 aromatic rings. The van der Waals surface area contributed by atoms with E-state index in [0.29, 0.717) is 6.61 Å². The molecule has 20 heavy (non-hydrogen) atoms. The maximum atomic E-state index is 5.89. The van der Waals surface area contributed by atoms with Crippen LogP contribution in [0.3, 0.4) is 0 Å². The van der Waals surface area contributed by atoms with E-state index in [0.717, 1.165) is 29.0 Å². The number of aryl methyl sites for hydroxylation is 1. The fourth-order valence-corrected chi connectivity index (χ4v) is 2.02. The van der Waals surface area contributed by atoms with Gasteiger partial charge in [0.15, 0.2) is 0 Å². The molecule has 0 saturated carbocycles. The molecule has 108 valence electrons. The molecule has 2 rings (SSSR count). The number of nitrogens with zero attached hydrogens (tertiary/aromatic N) is 2. The van der Waals surface area contributed by atoms with Crippen molar-refractivity contribution in [2.45, 2.75) is 26.0 Å². The Morgan fingerprint density at radius 3 is 2.80 bits per heavy atom. The molecule has 2 N–H and O–H groups in total. The van der Waals surface area contributed by atoms with E-state index in [1.54, 1.807) is 18.0 Å². The molecule has 0 spiro atoms.